The van der Waals surface area contributed by atoms with Gasteiger partial charge in [0.25, 0.3) is 5.91 Å². The number of rotatable bonds is 4. The number of likely N-dealkylation sites (N-methyl/N-ethyl adjacent to an activating group) is 2. The number of nitrogens with zero attached hydrogens (tertiary/aromatic N) is 5. The molecule has 3 rings (SSSR count). The highest BCUT2D eigenvalue weighted by atomic mass is 16.5. The molecule has 0 bridgehead atoms. The topological polar surface area (TPSA) is 98.6 Å². The molecule has 26 heavy (non-hydrogen) atoms. The third-order valence-electron chi connectivity index (χ3n) is 4.73. The van der Waals surface area contributed by atoms with Gasteiger partial charge in [-0.25, -0.2) is 0 Å². The molecule has 1 aliphatic rings. The molecule has 1 atom stereocenters. The fourth-order valence-electron chi connectivity index (χ4n) is 3.13. The van der Waals surface area contributed by atoms with Gasteiger partial charge >= 0.3 is 0 Å². The van der Waals surface area contributed by atoms with Crippen LogP contribution in [0.1, 0.15) is 27.5 Å². The second-order valence-corrected chi connectivity index (χ2v) is 6.78. The molecular formula is C17H24N6O3. The second kappa shape index (κ2) is 7.28. The number of nitrogens with one attached hydrogen (secondary N) is 1. The Bertz CT molecular complexity index is 798. The molecule has 1 N–H and O–H groups in total. The number of amides is 2. The lowest BCUT2D eigenvalue weighted by molar-refractivity contribution is -0.137. The van der Waals surface area contributed by atoms with Crippen LogP contribution in [-0.2, 0) is 11.3 Å². The molecule has 3 heterocycles. The molecule has 2 aromatic rings. The van der Waals surface area contributed by atoms with Crippen molar-refractivity contribution in [3.05, 3.63) is 35.0 Å². The van der Waals surface area contributed by atoms with E-state index in [0.29, 0.717) is 43.2 Å². The zero-order chi connectivity index (χ0) is 18.8. The minimum absolute atomic E-state index is 0.0467. The van der Waals surface area contributed by atoms with Gasteiger partial charge in [-0.15, -0.1) is 0 Å². The minimum Gasteiger partial charge on any atom is -0.361 e. The Labute approximate surface area is 151 Å². The van der Waals surface area contributed by atoms with Gasteiger partial charge in [0.05, 0.1) is 18.3 Å². The largest absolute Gasteiger partial charge is 0.361 e. The summed E-state index contributed by atoms with van der Waals surface area (Å²) in [5, 5.41) is 10.6. The summed E-state index contributed by atoms with van der Waals surface area (Å²) in [5.41, 5.74) is 1.99. The van der Waals surface area contributed by atoms with Gasteiger partial charge in [-0.1, -0.05) is 5.16 Å². The number of carbonyl (C=O) groups is 2. The molecule has 1 saturated heterocycles. The zero-order valence-corrected chi connectivity index (χ0v) is 15.5. The molecular weight excluding hydrogens is 336 g/mol. The van der Waals surface area contributed by atoms with E-state index >= 15 is 0 Å². The maximum Gasteiger partial charge on any atom is 0.257 e. The summed E-state index contributed by atoms with van der Waals surface area (Å²) in [6.45, 7) is 5.56. The molecule has 0 spiro atoms. The van der Waals surface area contributed by atoms with Crippen molar-refractivity contribution < 1.29 is 14.1 Å². The van der Waals surface area contributed by atoms with E-state index in [-0.39, 0.29) is 11.8 Å². The minimum atomic E-state index is -0.391. The lowest BCUT2D eigenvalue weighted by Crippen LogP contribution is -2.58. The third kappa shape index (κ3) is 3.62. The Hall–Kier alpha value is -2.68. The van der Waals surface area contributed by atoms with Crippen LogP contribution in [0.15, 0.2) is 16.8 Å². The fourth-order valence-corrected chi connectivity index (χ4v) is 3.13. The number of H-pyrrole nitrogens is 1. The van der Waals surface area contributed by atoms with Crippen LogP contribution in [-0.4, -0.2) is 81.6 Å². The highest BCUT2D eigenvalue weighted by Gasteiger charge is 2.34. The van der Waals surface area contributed by atoms with E-state index in [0.717, 1.165) is 5.69 Å². The number of aromatic nitrogens is 3. The molecule has 0 radical (unpaired) electrons. The number of aromatic amines is 1. The van der Waals surface area contributed by atoms with E-state index in [1.807, 2.05) is 31.9 Å². The van der Waals surface area contributed by atoms with Crippen molar-refractivity contribution in [2.45, 2.75) is 26.4 Å². The first-order chi connectivity index (χ1) is 12.4. The van der Waals surface area contributed by atoms with Crippen LogP contribution in [0.4, 0.5) is 0 Å². The van der Waals surface area contributed by atoms with E-state index in [2.05, 4.69) is 15.4 Å². The summed E-state index contributed by atoms with van der Waals surface area (Å²) in [7, 11) is 3.64. The first kappa shape index (κ1) is 18.1. The van der Waals surface area contributed by atoms with Crippen molar-refractivity contribution >= 4 is 11.8 Å². The lowest BCUT2D eigenvalue weighted by atomic mass is 10.1. The summed E-state index contributed by atoms with van der Waals surface area (Å²) in [6.07, 6.45) is 1.53. The highest BCUT2D eigenvalue weighted by Crippen LogP contribution is 2.16. The van der Waals surface area contributed by atoms with Gasteiger partial charge < -0.3 is 14.3 Å². The van der Waals surface area contributed by atoms with Gasteiger partial charge in [0.15, 0.2) is 0 Å². The standard InChI is InChI=1S/C17H24N6O3/c1-11-7-13(20-26-11)9-22(4)17(25)15-10-23(6-5-21(15)3)16(24)14-8-18-19-12(14)2/h7-8,15H,5-6,9-10H2,1-4H3,(H,18,19)/t15-/m0/s1. The first-order valence-corrected chi connectivity index (χ1v) is 8.53. The number of piperazine rings is 1. The van der Waals surface area contributed by atoms with Crippen LogP contribution in [0.25, 0.3) is 0 Å². The lowest BCUT2D eigenvalue weighted by Gasteiger charge is -2.39. The first-order valence-electron chi connectivity index (χ1n) is 8.53. The summed E-state index contributed by atoms with van der Waals surface area (Å²) in [5.74, 6) is 0.564. The van der Waals surface area contributed by atoms with Gasteiger partial charge in [0.2, 0.25) is 5.91 Å². The summed E-state index contributed by atoms with van der Waals surface area (Å²) < 4.78 is 5.05. The van der Waals surface area contributed by atoms with E-state index in [9.17, 15) is 9.59 Å². The van der Waals surface area contributed by atoms with Crippen LogP contribution >= 0.6 is 0 Å². The summed E-state index contributed by atoms with van der Waals surface area (Å²) in [6, 6.07) is 1.42. The van der Waals surface area contributed by atoms with Crippen molar-refractivity contribution in [1.29, 1.82) is 0 Å². The molecule has 1 fully saturated rings. The Morgan fingerprint density at radius 2 is 2.15 bits per heavy atom. The van der Waals surface area contributed by atoms with Crippen LogP contribution in [0.5, 0.6) is 0 Å². The van der Waals surface area contributed by atoms with Gasteiger partial charge in [0, 0.05) is 38.4 Å². The second-order valence-electron chi connectivity index (χ2n) is 6.78. The van der Waals surface area contributed by atoms with Crippen molar-refractivity contribution in [2.75, 3.05) is 33.7 Å². The van der Waals surface area contributed by atoms with E-state index in [1.54, 1.807) is 16.8 Å². The average Bonchev–Trinajstić information content (AvgIpc) is 3.22. The molecule has 9 heteroatoms. The number of aryl methyl sites for hydroxylation is 2. The predicted octanol–water partition coefficient (Wildman–Crippen LogP) is 0.429. The summed E-state index contributed by atoms with van der Waals surface area (Å²) >= 11 is 0. The van der Waals surface area contributed by atoms with Crippen molar-refractivity contribution in [2.24, 2.45) is 0 Å². The van der Waals surface area contributed by atoms with E-state index < -0.39 is 6.04 Å². The van der Waals surface area contributed by atoms with E-state index in [1.165, 1.54) is 6.20 Å². The maximum absolute atomic E-state index is 12.9. The molecule has 0 saturated carbocycles. The molecule has 2 aromatic heterocycles. The molecule has 0 aromatic carbocycles. The Kier molecular flexibility index (Phi) is 5.08. The third-order valence-corrected chi connectivity index (χ3v) is 4.73. The van der Waals surface area contributed by atoms with Crippen molar-refractivity contribution in [3.63, 3.8) is 0 Å². The monoisotopic (exact) mass is 360 g/mol. The van der Waals surface area contributed by atoms with Crippen LogP contribution in [0.2, 0.25) is 0 Å². The van der Waals surface area contributed by atoms with Crippen LogP contribution in [0, 0.1) is 13.8 Å². The number of hydrogen-bond acceptors (Lipinski definition) is 6. The normalized spacial score (nSPS) is 18.2. The smallest absolute Gasteiger partial charge is 0.257 e. The highest BCUT2D eigenvalue weighted by molar-refractivity contribution is 5.95. The van der Waals surface area contributed by atoms with Crippen LogP contribution in [0.3, 0.4) is 0 Å². The van der Waals surface area contributed by atoms with Crippen molar-refractivity contribution in [3.8, 4) is 0 Å². The van der Waals surface area contributed by atoms with Gasteiger partial charge in [0.1, 0.15) is 17.5 Å². The average molecular weight is 360 g/mol. The quantitative estimate of drug-likeness (QED) is 0.849. The van der Waals surface area contributed by atoms with Gasteiger partial charge in [-0.05, 0) is 20.9 Å². The van der Waals surface area contributed by atoms with E-state index in [4.69, 9.17) is 4.52 Å². The fraction of sp³-hybridized carbons (Fsp3) is 0.529. The predicted molar refractivity (Wildman–Crippen MR) is 93.4 cm³/mol. The SMILES string of the molecule is Cc1cc(CN(C)C(=O)[C@@H]2CN(C(=O)c3cn[nH]c3C)CCN2C)no1. The molecule has 2 amide bonds. The van der Waals surface area contributed by atoms with Crippen molar-refractivity contribution in [1.82, 2.24) is 30.1 Å². The molecule has 0 unspecified atom stereocenters. The number of carbonyl (C=O) groups excluding carboxylic acids is 2. The Morgan fingerprint density at radius 3 is 2.77 bits per heavy atom. The Morgan fingerprint density at radius 1 is 1.38 bits per heavy atom. The molecule has 0 aliphatic carbocycles. The Balaban J connectivity index is 1.68. The zero-order valence-electron chi connectivity index (χ0n) is 15.5. The molecule has 1 aliphatic heterocycles. The molecule has 9 nitrogen and oxygen atoms in total. The number of hydrogen-bond donors (Lipinski definition) is 1. The summed E-state index contributed by atoms with van der Waals surface area (Å²) in [4.78, 5) is 31.0. The van der Waals surface area contributed by atoms with Crippen LogP contribution < -0.4 is 0 Å². The molecule has 140 valence electrons. The van der Waals surface area contributed by atoms with Gasteiger partial charge in [-0.3, -0.25) is 19.6 Å². The van der Waals surface area contributed by atoms with Gasteiger partial charge in [-0.2, -0.15) is 5.10 Å². The maximum atomic E-state index is 12.9.